The van der Waals surface area contributed by atoms with E-state index in [4.69, 9.17) is 10.5 Å². The van der Waals surface area contributed by atoms with Gasteiger partial charge in [0.1, 0.15) is 12.4 Å². The third-order valence-electron chi connectivity index (χ3n) is 3.55. The highest BCUT2D eigenvalue weighted by Gasteiger charge is 2.11. The average molecular weight is 282 g/mol. The maximum Gasteiger partial charge on any atom is 0.184 e. The molecule has 0 saturated heterocycles. The number of rotatable bonds is 3. The molecule has 5 nitrogen and oxygen atoms in total. The molecule has 0 saturated carbocycles. The van der Waals surface area contributed by atoms with Gasteiger partial charge in [-0.15, -0.1) is 10.2 Å². The lowest BCUT2D eigenvalue weighted by atomic mass is 10.1. The second-order valence-electron chi connectivity index (χ2n) is 5.26. The standard InChI is InChI=1S/C16H18N4O/c1-10-4-5-11(2)14(8-10)21-9-15-18-19-16-13(17)7-6-12(3)20(15)16/h4-8H,9,17H2,1-3H3. The number of nitrogen functional groups attached to an aromatic ring is 1. The predicted octanol–water partition coefficient (Wildman–Crippen LogP) is 2.82. The summed E-state index contributed by atoms with van der Waals surface area (Å²) in [6.07, 6.45) is 0. The monoisotopic (exact) mass is 282 g/mol. The first-order valence-corrected chi connectivity index (χ1v) is 6.85. The Morgan fingerprint density at radius 2 is 1.90 bits per heavy atom. The SMILES string of the molecule is Cc1ccc(C)c(OCc2nnc3c(N)ccc(C)n23)c1. The van der Waals surface area contributed by atoms with Crippen molar-refractivity contribution in [3.05, 3.63) is 53.0 Å². The van der Waals surface area contributed by atoms with Crippen LogP contribution >= 0.6 is 0 Å². The number of nitrogens with zero attached hydrogens (tertiary/aromatic N) is 3. The van der Waals surface area contributed by atoms with Crippen LogP contribution in [0.3, 0.4) is 0 Å². The minimum absolute atomic E-state index is 0.357. The first-order valence-electron chi connectivity index (χ1n) is 6.85. The fourth-order valence-electron chi connectivity index (χ4n) is 2.33. The highest BCUT2D eigenvalue weighted by atomic mass is 16.5. The number of aromatic nitrogens is 3. The molecule has 0 aliphatic carbocycles. The van der Waals surface area contributed by atoms with Gasteiger partial charge < -0.3 is 10.5 Å². The zero-order chi connectivity index (χ0) is 15.0. The number of benzene rings is 1. The minimum atomic E-state index is 0.357. The van der Waals surface area contributed by atoms with E-state index in [0.29, 0.717) is 17.9 Å². The van der Waals surface area contributed by atoms with Crippen molar-refractivity contribution in [3.63, 3.8) is 0 Å². The van der Waals surface area contributed by atoms with E-state index < -0.39 is 0 Å². The molecule has 3 aromatic rings. The van der Waals surface area contributed by atoms with E-state index in [-0.39, 0.29) is 0 Å². The van der Waals surface area contributed by atoms with Gasteiger partial charge in [0.15, 0.2) is 11.5 Å². The molecular formula is C16H18N4O. The Labute approximate surface area is 123 Å². The summed E-state index contributed by atoms with van der Waals surface area (Å²) in [5.41, 5.74) is 10.5. The second-order valence-corrected chi connectivity index (χ2v) is 5.26. The molecule has 0 bridgehead atoms. The van der Waals surface area contributed by atoms with Crippen molar-refractivity contribution >= 4 is 11.3 Å². The molecule has 0 atom stereocenters. The van der Waals surface area contributed by atoms with Crippen LogP contribution in [0, 0.1) is 20.8 Å². The maximum atomic E-state index is 5.93. The summed E-state index contributed by atoms with van der Waals surface area (Å²) < 4.78 is 7.83. The van der Waals surface area contributed by atoms with E-state index in [2.05, 4.69) is 22.3 Å². The zero-order valence-electron chi connectivity index (χ0n) is 12.4. The van der Waals surface area contributed by atoms with Crippen LogP contribution in [0.15, 0.2) is 30.3 Å². The third-order valence-corrected chi connectivity index (χ3v) is 3.55. The number of nitrogens with two attached hydrogens (primary N) is 1. The van der Waals surface area contributed by atoms with Crippen LogP contribution in [0.5, 0.6) is 5.75 Å². The lowest BCUT2D eigenvalue weighted by molar-refractivity contribution is 0.292. The van der Waals surface area contributed by atoms with Gasteiger partial charge in [-0.2, -0.15) is 0 Å². The summed E-state index contributed by atoms with van der Waals surface area (Å²) >= 11 is 0. The Hall–Kier alpha value is -2.56. The Bertz CT molecular complexity index is 807. The van der Waals surface area contributed by atoms with E-state index in [0.717, 1.165) is 22.8 Å². The van der Waals surface area contributed by atoms with Gasteiger partial charge in [0.2, 0.25) is 0 Å². The molecule has 0 amide bonds. The molecule has 0 fully saturated rings. The highest BCUT2D eigenvalue weighted by Crippen LogP contribution is 2.21. The smallest absolute Gasteiger partial charge is 0.184 e. The summed E-state index contributed by atoms with van der Waals surface area (Å²) in [7, 11) is 0. The molecule has 5 heteroatoms. The van der Waals surface area contributed by atoms with Gasteiger partial charge in [-0.05, 0) is 50.1 Å². The molecule has 2 heterocycles. The number of ether oxygens (including phenoxy) is 1. The van der Waals surface area contributed by atoms with Crippen molar-refractivity contribution in [2.75, 3.05) is 5.73 Å². The van der Waals surface area contributed by atoms with Crippen LogP contribution in [-0.2, 0) is 6.61 Å². The lowest BCUT2D eigenvalue weighted by Gasteiger charge is -2.10. The van der Waals surface area contributed by atoms with Gasteiger partial charge in [-0.3, -0.25) is 4.40 Å². The minimum Gasteiger partial charge on any atom is -0.485 e. The summed E-state index contributed by atoms with van der Waals surface area (Å²) in [4.78, 5) is 0. The predicted molar refractivity (Wildman–Crippen MR) is 82.4 cm³/mol. The molecule has 0 radical (unpaired) electrons. The maximum absolute atomic E-state index is 5.93. The Morgan fingerprint density at radius 1 is 1.10 bits per heavy atom. The highest BCUT2D eigenvalue weighted by molar-refractivity contribution is 5.64. The third kappa shape index (κ3) is 2.42. The van der Waals surface area contributed by atoms with Crippen molar-refractivity contribution in [2.45, 2.75) is 27.4 Å². The molecular weight excluding hydrogens is 264 g/mol. The largest absolute Gasteiger partial charge is 0.485 e. The van der Waals surface area contributed by atoms with Crippen LogP contribution in [0.4, 0.5) is 5.69 Å². The van der Waals surface area contributed by atoms with E-state index in [9.17, 15) is 0 Å². The molecule has 0 unspecified atom stereocenters. The summed E-state index contributed by atoms with van der Waals surface area (Å²) in [5, 5.41) is 8.33. The lowest BCUT2D eigenvalue weighted by Crippen LogP contribution is -2.05. The molecule has 21 heavy (non-hydrogen) atoms. The Morgan fingerprint density at radius 3 is 2.71 bits per heavy atom. The molecule has 0 aliphatic rings. The van der Waals surface area contributed by atoms with E-state index in [1.54, 1.807) is 0 Å². The molecule has 2 aromatic heterocycles. The van der Waals surface area contributed by atoms with Crippen LogP contribution in [0.2, 0.25) is 0 Å². The number of hydrogen-bond acceptors (Lipinski definition) is 4. The number of hydrogen-bond donors (Lipinski definition) is 1. The topological polar surface area (TPSA) is 65.4 Å². The first-order chi connectivity index (χ1) is 10.1. The average Bonchev–Trinajstić information content (AvgIpc) is 2.89. The molecule has 0 spiro atoms. The van der Waals surface area contributed by atoms with Gasteiger partial charge in [0.05, 0.1) is 5.69 Å². The molecule has 0 aliphatic heterocycles. The number of fused-ring (bicyclic) bond motifs is 1. The van der Waals surface area contributed by atoms with Crippen molar-refractivity contribution in [2.24, 2.45) is 0 Å². The number of pyridine rings is 1. The van der Waals surface area contributed by atoms with E-state index >= 15 is 0 Å². The normalized spacial score (nSPS) is 11.0. The Balaban J connectivity index is 1.92. The number of anilines is 1. The van der Waals surface area contributed by atoms with Gasteiger partial charge >= 0.3 is 0 Å². The van der Waals surface area contributed by atoms with Crippen LogP contribution in [-0.4, -0.2) is 14.6 Å². The second kappa shape index (κ2) is 5.09. The fourth-order valence-corrected chi connectivity index (χ4v) is 2.33. The number of aryl methyl sites for hydroxylation is 3. The van der Waals surface area contributed by atoms with Gasteiger partial charge in [0.25, 0.3) is 0 Å². The van der Waals surface area contributed by atoms with Gasteiger partial charge in [-0.1, -0.05) is 12.1 Å². The van der Waals surface area contributed by atoms with Crippen LogP contribution in [0.25, 0.3) is 5.65 Å². The Kier molecular flexibility index (Phi) is 3.25. The van der Waals surface area contributed by atoms with Crippen molar-refractivity contribution in [1.82, 2.24) is 14.6 Å². The molecule has 3 rings (SSSR count). The molecule has 108 valence electrons. The van der Waals surface area contributed by atoms with Gasteiger partial charge in [-0.25, -0.2) is 0 Å². The summed E-state index contributed by atoms with van der Waals surface area (Å²) in [6.45, 7) is 6.43. The van der Waals surface area contributed by atoms with E-state index in [1.165, 1.54) is 5.56 Å². The van der Waals surface area contributed by atoms with Crippen molar-refractivity contribution < 1.29 is 4.74 Å². The molecule has 1 aromatic carbocycles. The van der Waals surface area contributed by atoms with Crippen LogP contribution in [0.1, 0.15) is 22.6 Å². The van der Waals surface area contributed by atoms with Crippen molar-refractivity contribution in [1.29, 1.82) is 0 Å². The summed E-state index contributed by atoms with van der Waals surface area (Å²) in [6, 6.07) is 9.94. The zero-order valence-corrected chi connectivity index (χ0v) is 12.4. The van der Waals surface area contributed by atoms with E-state index in [1.807, 2.05) is 43.4 Å². The summed E-state index contributed by atoms with van der Waals surface area (Å²) in [5.74, 6) is 1.61. The fraction of sp³-hybridized carbons (Fsp3) is 0.250. The molecule has 2 N–H and O–H groups in total. The first kappa shape index (κ1) is 13.4. The van der Waals surface area contributed by atoms with Gasteiger partial charge in [0, 0.05) is 5.69 Å². The van der Waals surface area contributed by atoms with Crippen molar-refractivity contribution in [3.8, 4) is 5.75 Å². The van der Waals surface area contributed by atoms with Crippen LogP contribution < -0.4 is 10.5 Å². The quantitative estimate of drug-likeness (QED) is 0.802.